The van der Waals surface area contributed by atoms with Crippen molar-refractivity contribution in [2.45, 2.75) is 25.4 Å². The van der Waals surface area contributed by atoms with Crippen LogP contribution < -0.4 is 10.6 Å². The Bertz CT molecular complexity index is 336. The van der Waals surface area contributed by atoms with E-state index < -0.39 is 0 Å². The molecular weight excluding hydrogens is 242 g/mol. The number of aromatic nitrogens is 1. The number of nitrogens with two attached hydrogens (primary N) is 1. The predicted octanol–water partition coefficient (Wildman–Crippen LogP) is 1.90. The van der Waals surface area contributed by atoms with Crippen LogP contribution in [0.15, 0.2) is 16.7 Å². The van der Waals surface area contributed by atoms with Gasteiger partial charge in [-0.05, 0) is 40.4 Å². The summed E-state index contributed by atoms with van der Waals surface area (Å²) in [7, 11) is 2.09. The van der Waals surface area contributed by atoms with Gasteiger partial charge in [0.05, 0.1) is 4.47 Å². The summed E-state index contributed by atoms with van der Waals surface area (Å²) >= 11 is 3.52. The number of anilines is 1. The van der Waals surface area contributed by atoms with Crippen LogP contribution in [0.5, 0.6) is 0 Å². The summed E-state index contributed by atoms with van der Waals surface area (Å²) in [5, 5.41) is 0. The lowest BCUT2D eigenvalue weighted by Crippen LogP contribution is -2.21. The van der Waals surface area contributed by atoms with E-state index in [-0.39, 0.29) is 0 Å². The SMILES string of the molecule is CN(c1ncc(CN)cc1Br)C1CC1. The van der Waals surface area contributed by atoms with Crippen molar-refractivity contribution in [3.63, 3.8) is 0 Å². The second kappa shape index (κ2) is 3.87. The van der Waals surface area contributed by atoms with E-state index in [9.17, 15) is 0 Å². The molecule has 1 heterocycles. The second-order valence-corrected chi connectivity index (χ2v) is 4.55. The Hall–Kier alpha value is -0.610. The molecule has 1 aromatic heterocycles. The molecule has 1 saturated carbocycles. The van der Waals surface area contributed by atoms with Crippen LogP contribution in [0, 0.1) is 0 Å². The first kappa shape index (κ1) is 9.93. The maximum atomic E-state index is 5.54. The first-order valence-electron chi connectivity index (χ1n) is 4.79. The fraction of sp³-hybridized carbons (Fsp3) is 0.500. The molecule has 0 unspecified atom stereocenters. The van der Waals surface area contributed by atoms with Gasteiger partial charge < -0.3 is 10.6 Å². The van der Waals surface area contributed by atoms with Crippen LogP contribution in [-0.2, 0) is 6.54 Å². The lowest BCUT2D eigenvalue weighted by atomic mass is 10.3. The molecular formula is C10H14BrN3. The molecule has 3 nitrogen and oxygen atoms in total. The summed E-state index contributed by atoms with van der Waals surface area (Å²) in [5.74, 6) is 1.02. The maximum absolute atomic E-state index is 5.54. The van der Waals surface area contributed by atoms with Crippen molar-refractivity contribution in [2.24, 2.45) is 5.73 Å². The molecule has 1 aliphatic carbocycles. The van der Waals surface area contributed by atoms with Gasteiger partial charge in [-0.1, -0.05) is 0 Å². The Morgan fingerprint density at radius 3 is 2.86 bits per heavy atom. The van der Waals surface area contributed by atoms with Gasteiger partial charge in [0.15, 0.2) is 0 Å². The quantitative estimate of drug-likeness (QED) is 0.898. The highest BCUT2D eigenvalue weighted by Gasteiger charge is 2.28. The van der Waals surface area contributed by atoms with Gasteiger partial charge in [0.2, 0.25) is 0 Å². The average molecular weight is 256 g/mol. The molecule has 0 saturated heterocycles. The maximum Gasteiger partial charge on any atom is 0.142 e. The fourth-order valence-corrected chi connectivity index (χ4v) is 2.15. The molecule has 14 heavy (non-hydrogen) atoms. The molecule has 0 spiro atoms. The van der Waals surface area contributed by atoms with Crippen LogP contribution >= 0.6 is 15.9 Å². The third kappa shape index (κ3) is 1.91. The first-order valence-corrected chi connectivity index (χ1v) is 5.59. The van der Waals surface area contributed by atoms with E-state index in [2.05, 4.69) is 32.9 Å². The number of hydrogen-bond acceptors (Lipinski definition) is 3. The van der Waals surface area contributed by atoms with Gasteiger partial charge in [-0.15, -0.1) is 0 Å². The van der Waals surface area contributed by atoms with Crippen LogP contribution in [0.1, 0.15) is 18.4 Å². The van der Waals surface area contributed by atoms with Gasteiger partial charge in [0, 0.05) is 25.8 Å². The molecule has 0 amide bonds. The Morgan fingerprint density at radius 2 is 2.36 bits per heavy atom. The van der Waals surface area contributed by atoms with Gasteiger partial charge in [0.1, 0.15) is 5.82 Å². The normalized spacial score (nSPS) is 15.6. The molecule has 0 bridgehead atoms. The minimum absolute atomic E-state index is 0.541. The molecule has 1 fully saturated rings. The largest absolute Gasteiger partial charge is 0.356 e. The highest BCUT2D eigenvalue weighted by Crippen LogP contribution is 2.33. The van der Waals surface area contributed by atoms with E-state index >= 15 is 0 Å². The Labute approximate surface area is 92.4 Å². The average Bonchev–Trinajstić information content (AvgIpc) is 3.00. The van der Waals surface area contributed by atoms with Crippen LogP contribution in [0.3, 0.4) is 0 Å². The number of rotatable bonds is 3. The van der Waals surface area contributed by atoms with Gasteiger partial charge in [-0.3, -0.25) is 0 Å². The van der Waals surface area contributed by atoms with Crippen molar-refractivity contribution in [1.29, 1.82) is 0 Å². The first-order chi connectivity index (χ1) is 6.72. The van der Waals surface area contributed by atoms with E-state index in [1.165, 1.54) is 12.8 Å². The zero-order chi connectivity index (χ0) is 10.1. The monoisotopic (exact) mass is 255 g/mol. The van der Waals surface area contributed by atoms with Gasteiger partial charge in [-0.2, -0.15) is 0 Å². The summed E-state index contributed by atoms with van der Waals surface area (Å²) in [6.45, 7) is 0.541. The van der Waals surface area contributed by atoms with Crippen LogP contribution in [0.25, 0.3) is 0 Å². The molecule has 0 atom stereocenters. The van der Waals surface area contributed by atoms with E-state index in [0.29, 0.717) is 12.6 Å². The second-order valence-electron chi connectivity index (χ2n) is 3.70. The third-order valence-electron chi connectivity index (χ3n) is 2.54. The van der Waals surface area contributed by atoms with E-state index in [1.54, 1.807) is 0 Å². The number of halogens is 1. The Kier molecular flexibility index (Phi) is 2.74. The van der Waals surface area contributed by atoms with Gasteiger partial charge >= 0.3 is 0 Å². The fourth-order valence-electron chi connectivity index (χ4n) is 1.48. The predicted molar refractivity (Wildman–Crippen MR) is 61.3 cm³/mol. The summed E-state index contributed by atoms with van der Waals surface area (Å²) in [6, 6.07) is 2.73. The molecule has 76 valence electrons. The van der Waals surface area contributed by atoms with E-state index in [0.717, 1.165) is 15.9 Å². The van der Waals surface area contributed by atoms with Crippen molar-refractivity contribution in [3.05, 3.63) is 22.3 Å². The molecule has 0 aliphatic heterocycles. The number of hydrogen-bond donors (Lipinski definition) is 1. The van der Waals surface area contributed by atoms with Crippen molar-refractivity contribution >= 4 is 21.7 Å². The topological polar surface area (TPSA) is 42.2 Å². The lowest BCUT2D eigenvalue weighted by molar-refractivity contribution is 0.883. The number of pyridine rings is 1. The van der Waals surface area contributed by atoms with Crippen molar-refractivity contribution in [2.75, 3.05) is 11.9 Å². The van der Waals surface area contributed by atoms with E-state index in [1.807, 2.05) is 12.3 Å². The molecule has 0 aromatic carbocycles. The summed E-state index contributed by atoms with van der Waals surface area (Å²) < 4.78 is 1.04. The smallest absolute Gasteiger partial charge is 0.142 e. The summed E-state index contributed by atoms with van der Waals surface area (Å²) in [6.07, 6.45) is 4.41. The molecule has 2 rings (SSSR count). The standard InChI is InChI=1S/C10H14BrN3/c1-14(8-2-3-8)10-9(11)4-7(5-12)6-13-10/h4,6,8H,2-3,5,12H2,1H3. The highest BCUT2D eigenvalue weighted by atomic mass is 79.9. The lowest BCUT2D eigenvalue weighted by Gasteiger charge is -2.18. The zero-order valence-electron chi connectivity index (χ0n) is 8.20. The van der Waals surface area contributed by atoms with Crippen LogP contribution in [-0.4, -0.2) is 18.1 Å². The highest BCUT2D eigenvalue weighted by molar-refractivity contribution is 9.10. The molecule has 0 radical (unpaired) electrons. The third-order valence-corrected chi connectivity index (χ3v) is 3.13. The zero-order valence-corrected chi connectivity index (χ0v) is 9.79. The van der Waals surface area contributed by atoms with Crippen LogP contribution in [0.4, 0.5) is 5.82 Å². The Balaban J connectivity index is 2.24. The molecule has 1 aliphatic rings. The molecule has 2 N–H and O–H groups in total. The van der Waals surface area contributed by atoms with E-state index in [4.69, 9.17) is 5.73 Å². The van der Waals surface area contributed by atoms with Gasteiger partial charge in [-0.25, -0.2) is 4.98 Å². The van der Waals surface area contributed by atoms with Gasteiger partial charge in [0.25, 0.3) is 0 Å². The minimum Gasteiger partial charge on any atom is -0.356 e. The van der Waals surface area contributed by atoms with Crippen LogP contribution in [0.2, 0.25) is 0 Å². The van der Waals surface area contributed by atoms with Crippen molar-refractivity contribution in [3.8, 4) is 0 Å². The molecule has 1 aromatic rings. The Morgan fingerprint density at radius 1 is 1.64 bits per heavy atom. The van der Waals surface area contributed by atoms with Crippen molar-refractivity contribution < 1.29 is 0 Å². The minimum atomic E-state index is 0.541. The number of nitrogens with zero attached hydrogens (tertiary/aromatic N) is 2. The van der Waals surface area contributed by atoms with Crippen molar-refractivity contribution in [1.82, 2.24) is 4.98 Å². The summed E-state index contributed by atoms with van der Waals surface area (Å²) in [4.78, 5) is 6.64. The summed E-state index contributed by atoms with van der Waals surface area (Å²) in [5.41, 5.74) is 6.60. The molecule has 4 heteroatoms.